The monoisotopic (exact) mass is 399 g/mol. The van der Waals surface area contributed by atoms with Gasteiger partial charge in [-0.3, -0.25) is 4.79 Å². The smallest absolute Gasteiger partial charge is 0.405 e. The fourth-order valence-electron chi connectivity index (χ4n) is 2.59. The number of hydrogen-bond acceptors (Lipinski definition) is 4. The summed E-state index contributed by atoms with van der Waals surface area (Å²) in [7, 11) is 0. The van der Waals surface area contributed by atoms with Gasteiger partial charge in [-0.15, -0.1) is 0 Å². The summed E-state index contributed by atoms with van der Waals surface area (Å²) in [5.41, 5.74) is 0.566. The first-order chi connectivity index (χ1) is 12.9. The van der Waals surface area contributed by atoms with Crippen LogP contribution in [0, 0.1) is 5.92 Å². The molecule has 0 spiro atoms. The number of rotatable bonds is 7. The standard InChI is InChI=1S/C16H16ClF2N5O3/c17-10-4-3-9(5-12(10)24-14(13(18)19)21-7-22-24)11(23-16(26)27)6-20-15(25)8-1-2-8/h3-5,7-8,11,13,23H,1-2,6H2,(H,20,25)(H,26,27). The first kappa shape index (κ1) is 19.0. The fraction of sp³-hybridized carbons (Fsp3) is 0.375. The highest BCUT2D eigenvalue weighted by Crippen LogP contribution is 2.30. The second-order valence-corrected chi connectivity index (χ2v) is 6.47. The molecule has 1 unspecified atom stereocenters. The number of aromatic nitrogens is 3. The number of carboxylic acid groups (broad SMARTS) is 1. The van der Waals surface area contributed by atoms with Gasteiger partial charge in [0.25, 0.3) is 6.43 Å². The summed E-state index contributed by atoms with van der Waals surface area (Å²) < 4.78 is 27.1. The van der Waals surface area contributed by atoms with Crippen molar-refractivity contribution in [2.75, 3.05) is 6.54 Å². The second kappa shape index (κ2) is 7.87. The maximum atomic E-state index is 13.1. The van der Waals surface area contributed by atoms with Crippen molar-refractivity contribution in [3.8, 4) is 5.69 Å². The van der Waals surface area contributed by atoms with E-state index in [2.05, 4.69) is 20.7 Å². The van der Waals surface area contributed by atoms with E-state index in [0.29, 0.717) is 5.56 Å². The van der Waals surface area contributed by atoms with E-state index in [-0.39, 0.29) is 29.1 Å². The lowest BCUT2D eigenvalue weighted by atomic mass is 10.1. The number of alkyl halides is 2. The molecule has 0 bridgehead atoms. The van der Waals surface area contributed by atoms with Crippen LogP contribution in [0.1, 0.15) is 36.7 Å². The number of amides is 2. The third-order valence-corrected chi connectivity index (χ3v) is 4.42. The van der Waals surface area contributed by atoms with Crippen molar-refractivity contribution in [3.05, 3.63) is 40.9 Å². The van der Waals surface area contributed by atoms with Crippen LogP contribution in [-0.4, -0.2) is 38.4 Å². The second-order valence-electron chi connectivity index (χ2n) is 6.06. The molecular formula is C16H16ClF2N5O3. The van der Waals surface area contributed by atoms with Crippen LogP contribution in [0.3, 0.4) is 0 Å². The summed E-state index contributed by atoms with van der Waals surface area (Å²) in [6, 6.07) is 3.64. The Balaban J connectivity index is 1.89. The highest BCUT2D eigenvalue weighted by molar-refractivity contribution is 6.32. The average Bonchev–Trinajstić information content (AvgIpc) is 3.35. The van der Waals surface area contributed by atoms with Crippen molar-refractivity contribution in [1.29, 1.82) is 0 Å². The predicted molar refractivity (Wildman–Crippen MR) is 91.0 cm³/mol. The van der Waals surface area contributed by atoms with E-state index in [1.165, 1.54) is 12.1 Å². The Morgan fingerprint density at radius 2 is 2.11 bits per heavy atom. The highest BCUT2D eigenvalue weighted by atomic mass is 35.5. The molecule has 1 aliphatic rings. The Hall–Kier alpha value is -2.75. The summed E-state index contributed by atoms with van der Waals surface area (Å²) in [5, 5.41) is 18.0. The van der Waals surface area contributed by atoms with Gasteiger partial charge in [0.05, 0.1) is 16.8 Å². The summed E-state index contributed by atoms with van der Waals surface area (Å²) in [5.74, 6) is -0.753. The number of carbonyl (C=O) groups is 2. The largest absolute Gasteiger partial charge is 0.465 e. The summed E-state index contributed by atoms with van der Waals surface area (Å²) in [6.45, 7) is 0.0156. The van der Waals surface area contributed by atoms with Gasteiger partial charge in [0.1, 0.15) is 6.33 Å². The number of carbonyl (C=O) groups excluding carboxylic acids is 1. The first-order valence-electron chi connectivity index (χ1n) is 8.12. The van der Waals surface area contributed by atoms with E-state index in [1.807, 2.05) is 0 Å². The van der Waals surface area contributed by atoms with E-state index < -0.39 is 24.4 Å². The molecule has 3 rings (SSSR count). The van der Waals surface area contributed by atoms with Crippen molar-refractivity contribution in [1.82, 2.24) is 25.4 Å². The van der Waals surface area contributed by atoms with Gasteiger partial charge in [-0.2, -0.15) is 5.10 Å². The highest BCUT2D eigenvalue weighted by Gasteiger charge is 2.30. The lowest BCUT2D eigenvalue weighted by Crippen LogP contribution is -2.37. The van der Waals surface area contributed by atoms with Crippen molar-refractivity contribution in [3.63, 3.8) is 0 Å². The summed E-state index contributed by atoms with van der Waals surface area (Å²) in [6.07, 6.45) is -1.54. The molecule has 1 heterocycles. The van der Waals surface area contributed by atoms with E-state index in [9.17, 15) is 18.4 Å². The molecule has 1 atom stereocenters. The maximum Gasteiger partial charge on any atom is 0.405 e. The Labute approximate surface area is 157 Å². The van der Waals surface area contributed by atoms with Crippen molar-refractivity contribution in [2.45, 2.75) is 25.3 Å². The molecule has 144 valence electrons. The Morgan fingerprint density at radius 3 is 2.74 bits per heavy atom. The zero-order valence-electron chi connectivity index (χ0n) is 13.9. The topological polar surface area (TPSA) is 109 Å². The number of halogens is 3. The van der Waals surface area contributed by atoms with Crippen LogP contribution in [0.15, 0.2) is 24.5 Å². The Kier molecular flexibility index (Phi) is 5.54. The number of benzene rings is 1. The SMILES string of the molecule is O=C(O)NC(CNC(=O)C1CC1)c1ccc(Cl)c(-n2ncnc2C(F)F)c1. The molecule has 11 heteroatoms. The molecule has 0 radical (unpaired) electrons. The molecular weight excluding hydrogens is 384 g/mol. The van der Waals surface area contributed by atoms with Gasteiger partial charge < -0.3 is 15.7 Å². The van der Waals surface area contributed by atoms with Gasteiger partial charge >= 0.3 is 6.09 Å². The van der Waals surface area contributed by atoms with Crippen LogP contribution in [-0.2, 0) is 4.79 Å². The van der Waals surface area contributed by atoms with Crippen molar-refractivity contribution in [2.24, 2.45) is 5.92 Å². The number of nitrogens with zero attached hydrogens (tertiary/aromatic N) is 3. The minimum atomic E-state index is -2.86. The quantitative estimate of drug-likeness (QED) is 0.663. The van der Waals surface area contributed by atoms with E-state index >= 15 is 0 Å². The lowest BCUT2D eigenvalue weighted by Gasteiger charge is -2.19. The molecule has 1 aromatic carbocycles. The van der Waals surface area contributed by atoms with E-state index in [1.54, 1.807) is 6.07 Å². The molecule has 2 amide bonds. The molecule has 3 N–H and O–H groups in total. The molecule has 0 aliphatic heterocycles. The van der Waals surface area contributed by atoms with Gasteiger partial charge in [-0.1, -0.05) is 17.7 Å². The zero-order valence-corrected chi connectivity index (χ0v) is 14.7. The number of hydrogen-bond donors (Lipinski definition) is 3. The molecule has 0 saturated heterocycles. The normalized spacial score (nSPS) is 14.8. The van der Waals surface area contributed by atoms with Crippen LogP contribution in [0.25, 0.3) is 5.69 Å². The fourth-order valence-corrected chi connectivity index (χ4v) is 2.78. The van der Waals surface area contributed by atoms with E-state index in [0.717, 1.165) is 23.9 Å². The Morgan fingerprint density at radius 1 is 1.37 bits per heavy atom. The average molecular weight is 400 g/mol. The molecule has 1 aliphatic carbocycles. The molecule has 2 aromatic rings. The van der Waals surface area contributed by atoms with Crippen molar-refractivity contribution < 1.29 is 23.5 Å². The Bertz CT molecular complexity index is 856. The molecule has 1 fully saturated rings. The lowest BCUT2D eigenvalue weighted by molar-refractivity contribution is -0.122. The first-order valence-corrected chi connectivity index (χ1v) is 8.49. The predicted octanol–water partition coefficient (Wildman–Crippen LogP) is 2.69. The van der Waals surface area contributed by atoms with Gasteiger partial charge in [-0.05, 0) is 30.5 Å². The summed E-state index contributed by atoms with van der Waals surface area (Å²) in [4.78, 5) is 26.5. The summed E-state index contributed by atoms with van der Waals surface area (Å²) >= 11 is 6.11. The van der Waals surface area contributed by atoms with Crippen LogP contribution in [0.4, 0.5) is 13.6 Å². The van der Waals surface area contributed by atoms with Crippen LogP contribution >= 0.6 is 11.6 Å². The molecule has 1 aromatic heterocycles. The van der Waals surface area contributed by atoms with E-state index in [4.69, 9.17) is 16.7 Å². The molecule has 27 heavy (non-hydrogen) atoms. The third-order valence-electron chi connectivity index (χ3n) is 4.10. The van der Waals surface area contributed by atoms with Crippen molar-refractivity contribution >= 4 is 23.6 Å². The van der Waals surface area contributed by atoms with Gasteiger partial charge in [-0.25, -0.2) is 23.2 Å². The maximum absolute atomic E-state index is 13.1. The number of nitrogens with one attached hydrogen (secondary N) is 2. The third kappa shape index (κ3) is 4.51. The van der Waals surface area contributed by atoms with Crippen LogP contribution in [0.2, 0.25) is 5.02 Å². The zero-order chi connectivity index (χ0) is 19.6. The van der Waals surface area contributed by atoms with Gasteiger partial charge in [0.2, 0.25) is 5.91 Å². The minimum absolute atomic E-state index is 0.0156. The van der Waals surface area contributed by atoms with Crippen LogP contribution in [0.5, 0.6) is 0 Å². The van der Waals surface area contributed by atoms with Gasteiger partial charge in [0.15, 0.2) is 5.82 Å². The molecule has 8 nitrogen and oxygen atoms in total. The molecule has 1 saturated carbocycles. The van der Waals surface area contributed by atoms with Crippen LogP contribution < -0.4 is 10.6 Å². The van der Waals surface area contributed by atoms with Gasteiger partial charge in [0, 0.05) is 12.5 Å². The minimum Gasteiger partial charge on any atom is -0.465 e.